The van der Waals surface area contributed by atoms with Crippen LogP contribution in [-0.4, -0.2) is 5.90 Å². The van der Waals surface area contributed by atoms with Crippen LogP contribution in [0, 0.1) is 0 Å². The van der Waals surface area contributed by atoms with E-state index in [-0.39, 0.29) is 16.3 Å². The Labute approximate surface area is 129 Å². The number of rotatable bonds is 3. The van der Waals surface area contributed by atoms with Gasteiger partial charge in [-0.05, 0) is 18.6 Å². The van der Waals surface area contributed by atoms with Gasteiger partial charge >= 0.3 is 6.18 Å². The van der Waals surface area contributed by atoms with Crippen LogP contribution >= 0.6 is 11.3 Å². The van der Waals surface area contributed by atoms with E-state index in [1.165, 1.54) is 6.07 Å². The van der Waals surface area contributed by atoms with E-state index < -0.39 is 11.1 Å². The van der Waals surface area contributed by atoms with Crippen molar-refractivity contribution in [3.8, 4) is 11.1 Å². The van der Waals surface area contributed by atoms with E-state index in [0.29, 0.717) is 22.6 Å². The average molecular weight is 326 g/mol. The quantitative estimate of drug-likeness (QED) is 0.509. The van der Waals surface area contributed by atoms with E-state index in [0.717, 1.165) is 0 Å². The van der Waals surface area contributed by atoms with Gasteiger partial charge in [0.2, 0.25) is 0 Å². The Balaban J connectivity index is 2.61. The first-order valence-corrected chi connectivity index (χ1v) is 7.02. The topological polar surface area (TPSA) is 47.6 Å². The second-order valence-electron chi connectivity index (χ2n) is 4.49. The zero-order chi connectivity index (χ0) is 16.3. The monoisotopic (exact) mass is 326 g/mol. The average Bonchev–Trinajstić information content (AvgIpc) is 2.90. The van der Waals surface area contributed by atoms with Gasteiger partial charge in [-0.15, -0.1) is 11.3 Å². The van der Waals surface area contributed by atoms with E-state index in [2.05, 4.69) is 16.4 Å². The first-order chi connectivity index (χ1) is 10.3. The molecule has 0 aliphatic rings. The largest absolute Gasteiger partial charge is 0.426 e. The number of aliphatic imine (C=N–C) groups is 1. The standard InChI is InChI=1S/C15H13F3N2OS/c1-9(2)20-14(21-19)12-8-11(10-6-4-3-5-7-10)13(22-12)15(16,17)18/h3-8H,1,19H2,2H3. The van der Waals surface area contributed by atoms with E-state index in [4.69, 9.17) is 5.90 Å². The summed E-state index contributed by atoms with van der Waals surface area (Å²) in [6.07, 6.45) is -4.48. The Bertz CT molecular complexity index is 705. The maximum Gasteiger partial charge on any atom is 0.426 e. The summed E-state index contributed by atoms with van der Waals surface area (Å²) in [5, 5.41) is 0. The van der Waals surface area contributed by atoms with Crippen molar-refractivity contribution >= 4 is 17.2 Å². The summed E-state index contributed by atoms with van der Waals surface area (Å²) in [5.41, 5.74) is 0.909. The van der Waals surface area contributed by atoms with Gasteiger partial charge in [0.1, 0.15) is 4.88 Å². The molecule has 1 heterocycles. The molecule has 1 aromatic heterocycles. The highest BCUT2D eigenvalue weighted by molar-refractivity contribution is 7.14. The third-order valence-electron chi connectivity index (χ3n) is 2.69. The minimum absolute atomic E-state index is 0.0690. The fourth-order valence-electron chi connectivity index (χ4n) is 1.85. The Morgan fingerprint density at radius 3 is 2.41 bits per heavy atom. The molecule has 2 aromatic rings. The number of thiophene rings is 1. The number of benzene rings is 1. The van der Waals surface area contributed by atoms with Gasteiger partial charge < -0.3 is 4.84 Å². The molecule has 0 aliphatic heterocycles. The first-order valence-electron chi connectivity index (χ1n) is 6.20. The Morgan fingerprint density at radius 2 is 1.91 bits per heavy atom. The Kier molecular flexibility index (Phi) is 4.68. The molecule has 2 N–H and O–H groups in total. The highest BCUT2D eigenvalue weighted by Crippen LogP contribution is 2.43. The van der Waals surface area contributed by atoms with E-state index >= 15 is 0 Å². The molecule has 0 aliphatic carbocycles. The van der Waals surface area contributed by atoms with Crippen molar-refractivity contribution in [2.75, 3.05) is 0 Å². The summed E-state index contributed by atoms with van der Waals surface area (Å²) in [4.78, 5) is 7.98. The first kappa shape index (κ1) is 16.3. The predicted molar refractivity (Wildman–Crippen MR) is 81.4 cm³/mol. The molecule has 0 spiro atoms. The van der Waals surface area contributed by atoms with Gasteiger partial charge in [0.15, 0.2) is 0 Å². The van der Waals surface area contributed by atoms with Gasteiger partial charge in [0, 0.05) is 11.3 Å². The van der Waals surface area contributed by atoms with Gasteiger partial charge in [-0.2, -0.15) is 19.1 Å². The van der Waals surface area contributed by atoms with Crippen molar-refractivity contribution in [3.05, 3.63) is 58.4 Å². The molecule has 0 atom stereocenters. The summed E-state index contributed by atoms with van der Waals surface area (Å²) >= 11 is 0.534. The molecule has 3 nitrogen and oxygen atoms in total. The van der Waals surface area contributed by atoms with Crippen LogP contribution in [0.2, 0.25) is 0 Å². The lowest BCUT2D eigenvalue weighted by molar-refractivity contribution is -0.133. The van der Waals surface area contributed by atoms with Crippen molar-refractivity contribution < 1.29 is 18.0 Å². The van der Waals surface area contributed by atoms with Gasteiger partial charge in [0.25, 0.3) is 5.90 Å². The van der Waals surface area contributed by atoms with Crippen LogP contribution in [0.5, 0.6) is 0 Å². The zero-order valence-corrected chi connectivity index (χ0v) is 12.5. The lowest BCUT2D eigenvalue weighted by Crippen LogP contribution is -2.10. The highest BCUT2D eigenvalue weighted by Gasteiger charge is 2.37. The Morgan fingerprint density at radius 1 is 1.27 bits per heavy atom. The predicted octanol–water partition coefficient (Wildman–Crippen LogP) is 4.60. The fraction of sp³-hybridized carbons (Fsp3) is 0.133. The zero-order valence-electron chi connectivity index (χ0n) is 11.6. The lowest BCUT2D eigenvalue weighted by atomic mass is 10.1. The number of alkyl halides is 3. The highest BCUT2D eigenvalue weighted by atomic mass is 32.1. The molecule has 0 saturated carbocycles. The summed E-state index contributed by atoms with van der Waals surface area (Å²) in [5.74, 6) is 5.02. The van der Waals surface area contributed by atoms with Crippen LogP contribution in [0.3, 0.4) is 0 Å². The molecule has 0 amide bonds. The summed E-state index contributed by atoms with van der Waals surface area (Å²) < 4.78 is 39.8. The van der Waals surface area contributed by atoms with E-state index in [1.54, 1.807) is 37.3 Å². The minimum atomic E-state index is -4.48. The molecule has 0 saturated heterocycles. The maximum atomic E-state index is 13.3. The van der Waals surface area contributed by atoms with Gasteiger partial charge in [0.05, 0.1) is 4.88 Å². The number of nitrogens with zero attached hydrogens (tertiary/aromatic N) is 1. The minimum Gasteiger partial charge on any atom is -0.390 e. The Hall–Kier alpha value is -2.12. The number of allylic oxidation sites excluding steroid dienone is 1. The van der Waals surface area contributed by atoms with Crippen LogP contribution in [-0.2, 0) is 11.0 Å². The second kappa shape index (κ2) is 6.33. The van der Waals surface area contributed by atoms with Crippen LogP contribution < -0.4 is 5.90 Å². The number of halogens is 3. The van der Waals surface area contributed by atoms with Crippen LogP contribution in [0.15, 0.2) is 53.7 Å². The van der Waals surface area contributed by atoms with Crippen molar-refractivity contribution in [1.82, 2.24) is 0 Å². The number of hydrogen-bond donors (Lipinski definition) is 1. The smallest absolute Gasteiger partial charge is 0.390 e. The van der Waals surface area contributed by atoms with Crippen molar-refractivity contribution in [2.45, 2.75) is 13.1 Å². The van der Waals surface area contributed by atoms with E-state index in [1.807, 2.05) is 0 Å². The molecule has 0 bridgehead atoms. The second-order valence-corrected chi connectivity index (χ2v) is 5.54. The third-order valence-corrected chi connectivity index (χ3v) is 3.86. The molecule has 1 aromatic carbocycles. The maximum absolute atomic E-state index is 13.3. The van der Waals surface area contributed by atoms with Crippen LogP contribution in [0.1, 0.15) is 16.7 Å². The number of nitrogens with two attached hydrogens (primary N) is 1. The number of hydrogen-bond acceptors (Lipinski definition) is 4. The molecule has 0 fully saturated rings. The fourth-order valence-corrected chi connectivity index (χ4v) is 2.83. The molecule has 0 unspecified atom stereocenters. The van der Waals surface area contributed by atoms with Crippen molar-refractivity contribution in [1.29, 1.82) is 0 Å². The molecular formula is C15H13F3N2OS. The molecule has 22 heavy (non-hydrogen) atoms. The van der Waals surface area contributed by atoms with Gasteiger partial charge in [-0.25, -0.2) is 4.99 Å². The SMILES string of the molecule is C=C(C)N=C(ON)c1cc(-c2ccccc2)c(C(F)(F)F)s1. The molecule has 0 radical (unpaired) electrons. The van der Waals surface area contributed by atoms with Crippen molar-refractivity contribution in [2.24, 2.45) is 10.9 Å². The summed E-state index contributed by atoms with van der Waals surface area (Å²) in [6, 6.07) is 9.68. The van der Waals surface area contributed by atoms with Crippen LogP contribution in [0.4, 0.5) is 13.2 Å². The summed E-state index contributed by atoms with van der Waals surface area (Å²) in [7, 11) is 0. The van der Waals surface area contributed by atoms with E-state index in [9.17, 15) is 13.2 Å². The molecular weight excluding hydrogens is 313 g/mol. The third kappa shape index (κ3) is 3.55. The lowest BCUT2D eigenvalue weighted by Gasteiger charge is -2.07. The normalized spacial score (nSPS) is 12.3. The molecule has 116 valence electrons. The van der Waals surface area contributed by atoms with Crippen LogP contribution in [0.25, 0.3) is 11.1 Å². The van der Waals surface area contributed by atoms with Gasteiger partial charge in [-0.1, -0.05) is 36.9 Å². The molecule has 2 rings (SSSR count). The molecule has 7 heteroatoms. The van der Waals surface area contributed by atoms with Gasteiger partial charge in [-0.3, -0.25) is 0 Å². The summed E-state index contributed by atoms with van der Waals surface area (Å²) in [6.45, 7) is 5.16. The van der Waals surface area contributed by atoms with Crippen molar-refractivity contribution in [3.63, 3.8) is 0 Å².